The average molecular weight is 331 g/mol. The second kappa shape index (κ2) is 8.31. The molecule has 0 saturated carbocycles. The molecule has 0 aliphatic rings. The minimum atomic E-state index is -0.859. The highest BCUT2D eigenvalue weighted by molar-refractivity contribution is 5.89. The summed E-state index contributed by atoms with van der Waals surface area (Å²) in [5.41, 5.74) is 1.30. The van der Waals surface area contributed by atoms with Gasteiger partial charge in [0.2, 0.25) is 0 Å². The molecular formula is C18H21NO5. The lowest BCUT2D eigenvalue weighted by Crippen LogP contribution is -2.35. The Morgan fingerprint density at radius 3 is 2.50 bits per heavy atom. The first-order valence-corrected chi connectivity index (χ1v) is 7.78. The molecular weight excluding hydrogens is 310 g/mol. The van der Waals surface area contributed by atoms with E-state index in [-0.39, 0.29) is 5.97 Å². The van der Waals surface area contributed by atoms with Crippen LogP contribution in [0.25, 0.3) is 11.3 Å². The number of ether oxygens (including phenoxy) is 1. The molecule has 1 unspecified atom stereocenters. The van der Waals surface area contributed by atoms with Gasteiger partial charge in [-0.2, -0.15) is 0 Å². The van der Waals surface area contributed by atoms with Crippen LogP contribution in [0, 0.1) is 0 Å². The van der Waals surface area contributed by atoms with Gasteiger partial charge in [-0.3, -0.25) is 10.1 Å². The standard InChI is InChI=1S/C18H21NO5/c1-3-4-15(17(20)21)19-11-14-9-10-16(24-14)12-5-7-13(8-6-12)18(22)23-2/h5-10,15,19H,3-4,11H2,1-2H3,(H,20,21). The Morgan fingerprint density at radius 2 is 1.92 bits per heavy atom. The fraction of sp³-hybridized carbons (Fsp3) is 0.333. The molecule has 1 atom stereocenters. The van der Waals surface area contributed by atoms with Crippen LogP contribution in [-0.2, 0) is 16.1 Å². The molecule has 6 nitrogen and oxygen atoms in total. The topological polar surface area (TPSA) is 88.8 Å². The van der Waals surface area contributed by atoms with E-state index in [0.717, 1.165) is 12.0 Å². The number of carboxylic acid groups (broad SMARTS) is 1. The monoisotopic (exact) mass is 331 g/mol. The van der Waals surface area contributed by atoms with E-state index in [4.69, 9.17) is 9.52 Å². The predicted octanol–water partition coefficient (Wildman–Crippen LogP) is 3.08. The van der Waals surface area contributed by atoms with Crippen molar-refractivity contribution in [1.82, 2.24) is 5.32 Å². The normalized spacial score (nSPS) is 11.9. The molecule has 2 N–H and O–H groups in total. The van der Waals surface area contributed by atoms with Crippen molar-refractivity contribution in [2.45, 2.75) is 32.4 Å². The summed E-state index contributed by atoms with van der Waals surface area (Å²) in [7, 11) is 1.34. The van der Waals surface area contributed by atoms with E-state index in [1.54, 1.807) is 30.3 Å². The molecule has 2 aromatic rings. The van der Waals surface area contributed by atoms with E-state index in [0.29, 0.717) is 30.0 Å². The number of methoxy groups -OCH3 is 1. The van der Waals surface area contributed by atoms with Crippen LogP contribution in [0.2, 0.25) is 0 Å². The van der Waals surface area contributed by atoms with Crippen molar-refractivity contribution in [2.75, 3.05) is 7.11 Å². The largest absolute Gasteiger partial charge is 0.480 e. The second-order valence-corrected chi connectivity index (χ2v) is 5.40. The second-order valence-electron chi connectivity index (χ2n) is 5.40. The SMILES string of the molecule is CCCC(NCc1ccc(-c2ccc(C(=O)OC)cc2)o1)C(=O)O. The van der Waals surface area contributed by atoms with E-state index >= 15 is 0 Å². The van der Waals surface area contributed by atoms with Gasteiger partial charge >= 0.3 is 11.9 Å². The number of hydrogen-bond acceptors (Lipinski definition) is 5. The fourth-order valence-corrected chi connectivity index (χ4v) is 2.34. The first kappa shape index (κ1) is 17.7. The van der Waals surface area contributed by atoms with Gasteiger partial charge in [-0.15, -0.1) is 0 Å². The number of carbonyl (C=O) groups excluding carboxylic acids is 1. The zero-order valence-electron chi connectivity index (χ0n) is 13.7. The maximum absolute atomic E-state index is 11.4. The van der Waals surface area contributed by atoms with Crippen LogP contribution in [-0.4, -0.2) is 30.2 Å². The quantitative estimate of drug-likeness (QED) is 0.723. The molecule has 1 aromatic heterocycles. The van der Waals surface area contributed by atoms with Crippen LogP contribution in [0.3, 0.4) is 0 Å². The van der Waals surface area contributed by atoms with Crippen molar-refractivity contribution in [3.05, 3.63) is 47.7 Å². The minimum absolute atomic E-state index is 0.344. The summed E-state index contributed by atoms with van der Waals surface area (Å²) >= 11 is 0. The molecule has 0 radical (unpaired) electrons. The van der Waals surface area contributed by atoms with E-state index < -0.39 is 12.0 Å². The van der Waals surface area contributed by atoms with Crippen molar-refractivity contribution < 1.29 is 23.8 Å². The molecule has 128 valence electrons. The number of rotatable bonds is 8. The highest BCUT2D eigenvalue weighted by Gasteiger charge is 2.16. The molecule has 0 saturated heterocycles. The maximum Gasteiger partial charge on any atom is 0.337 e. The molecule has 0 bridgehead atoms. The summed E-state index contributed by atoms with van der Waals surface area (Å²) in [5, 5.41) is 12.1. The van der Waals surface area contributed by atoms with Crippen LogP contribution < -0.4 is 5.32 Å². The number of carboxylic acids is 1. The summed E-state index contributed by atoms with van der Waals surface area (Å²) in [6.45, 7) is 2.29. The Bertz CT molecular complexity index is 690. The summed E-state index contributed by atoms with van der Waals surface area (Å²) in [5.74, 6) is 0.0681. The number of hydrogen-bond donors (Lipinski definition) is 2. The Kier molecular flexibility index (Phi) is 6.14. The van der Waals surface area contributed by atoms with Crippen LogP contribution in [0.15, 0.2) is 40.8 Å². The van der Waals surface area contributed by atoms with E-state index in [1.165, 1.54) is 7.11 Å². The first-order valence-electron chi connectivity index (χ1n) is 7.78. The molecule has 0 aliphatic carbocycles. The van der Waals surface area contributed by atoms with Crippen LogP contribution in [0.5, 0.6) is 0 Å². The average Bonchev–Trinajstić information content (AvgIpc) is 3.06. The van der Waals surface area contributed by atoms with Crippen molar-refractivity contribution in [2.24, 2.45) is 0 Å². The number of benzene rings is 1. The van der Waals surface area contributed by atoms with Crippen molar-refractivity contribution >= 4 is 11.9 Å². The lowest BCUT2D eigenvalue weighted by Gasteiger charge is -2.11. The Hall–Kier alpha value is -2.60. The minimum Gasteiger partial charge on any atom is -0.480 e. The van der Waals surface area contributed by atoms with E-state index in [1.807, 2.05) is 13.0 Å². The highest BCUT2D eigenvalue weighted by Crippen LogP contribution is 2.23. The third kappa shape index (κ3) is 4.45. The van der Waals surface area contributed by atoms with E-state index in [2.05, 4.69) is 10.1 Å². The smallest absolute Gasteiger partial charge is 0.337 e. The van der Waals surface area contributed by atoms with Crippen LogP contribution in [0.1, 0.15) is 35.9 Å². The summed E-state index contributed by atoms with van der Waals surface area (Å²) < 4.78 is 10.4. The van der Waals surface area contributed by atoms with Gasteiger partial charge in [0.15, 0.2) is 0 Å². The van der Waals surface area contributed by atoms with Crippen LogP contribution >= 0.6 is 0 Å². The Morgan fingerprint density at radius 1 is 1.21 bits per heavy atom. The van der Waals surface area contributed by atoms with Gasteiger partial charge in [-0.1, -0.05) is 25.5 Å². The molecule has 2 rings (SSSR count). The Labute approximate surface area is 140 Å². The molecule has 0 spiro atoms. The molecule has 1 aromatic carbocycles. The van der Waals surface area contributed by atoms with Crippen molar-refractivity contribution in [3.63, 3.8) is 0 Å². The molecule has 6 heteroatoms. The molecule has 0 fully saturated rings. The lowest BCUT2D eigenvalue weighted by molar-refractivity contribution is -0.139. The number of carbonyl (C=O) groups is 2. The summed E-state index contributed by atoms with van der Waals surface area (Å²) in [4.78, 5) is 22.5. The van der Waals surface area contributed by atoms with E-state index in [9.17, 15) is 9.59 Å². The lowest BCUT2D eigenvalue weighted by atomic mass is 10.1. The number of furan rings is 1. The third-order valence-corrected chi connectivity index (χ3v) is 3.65. The van der Waals surface area contributed by atoms with Gasteiger partial charge < -0.3 is 14.3 Å². The summed E-state index contributed by atoms with van der Waals surface area (Å²) in [6, 6.07) is 9.94. The third-order valence-electron chi connectivity index (χ3n) is 3.65. The van der Waals surface area contributed by atoms with Gasteiger partial charge in [-0.25, -0.2) is 4.79 Å². The number of esters is 1. The number of aliphatic carboxylic acids is 1. The fourth-order valence-electron chi connectivity index (χ4n) is 2.34. The summed E-state index contributed by atoms with van der Waals surface area (Å²) in [6.07, 6.45) is 1.36. The molecule has 24 heavy (non-hydrogen) atoms. The number of nitrogens with one attached hydrogen (secondary N) is 1. The van der Waals surface area contributed by atoms with Gasteiger partial charge in [0.05, 0.1) is 19.2 Å². The Balaban J connectivity index is 2.02. The molecule has 1 heterocycles. The zero-order valence-corrected chi connectivity index (χ0v) is 13.7. The van der Waals surface area contributed by atoms with Crippen molar-refractivity contribution in [3.8, 4) is 11.3 Å². The van der Waals surface area contributed by atoms with Crippen LogP contribution in [0.4, 0.5) is 0 Å². The highest BCUT2D eigenvalue weighted by atomic mass is 16.5. The van der Waals surface area contributed by atoms with Gasteiger partial charge in [0.1, 0.15) is 17.6 Å². The van der Waals surface area contributed by atoms with Gasteiger partial charge in [0, 0.05) is 5.56 Å². The first-order chi connectivity index (χ1) is 11.5. The maximum atomic E-state index is 11.4. The molecule has 0 aliphatic heterocycles. The van der Waals surface area contributed by atoms with Crippen molar-refractivity contribution in [1.29, 1.82) is 0 Å². The molecule has 0 amide bonds. The van der Waals surface area contributed by atoms with Gasteiger partial charge in [-0.05, 0) is 30.7 Å². The predicted molar refractivity (Wildman–Crippen MR) is 88.7 cm³/mol. The zero-order chi connectivity index (χ0) is 17.5. The van der Waals surface area contributed by atoms with Gasteiger partial charge in [0.25, 0.3) is 0 Å².